The summed E-state index contributed by atoms with van der Waals surface area (Å²) in [6.45, 7) is -0.00386. The fourth-order valence-corrected chi connectivity index (χ4v) is 1.49. The Hall–Kier alpha value is -0.750. The molecule has 0 heterocycles. The minimum atomic E-state index is -0.193. The van der Waals surface area contributed by atoms with Gasteiger partial charge in [-0.15, -0.1) is 0 Å². The van der Waals surface area contributed by atoms with Crippen LogP contribution in [-0.2, 0) is 9.53 Å². The van der Waals surface area contributed by atoms with Crippen molar-refractivity contribution in [2.45, 2.75) is 6.42 Å². The molecule has 0 bridgehead atoms. The number of methoxy groups -OCH3 is 1. The Morgan fingerprint density at radius 3 is 2.40 bits per heavy atom. The van der Waals surface area contributed by atoms with Gasteiger partial charge < -0.3 is 4.74 Å². The van der Waals surface area contributed by atoms with E-state index in [9.17, 15) is 9.59 Å². The van der Waals surface area contributed by atoms with Crippen LogP contribution in [0.3, 0.4) is 0 Å². The van der Waals surface area contributed by atoms with Gasteiger partial charge in [0.1, 0.15) is 6.61 Å². The predicted octanol–water partition coefficient (Wildman–Crippen LogP) is 2.08. The minimum Gasteiger partial charge on any atom is -0.377 e. The molecule has 0 saturated carbocycles. The van der Waals surface area contributed by atoms with E-state index in [1.807, 2.05) is 12.1 Å². The first-order valence-corrected chi connectivity index (χ1v) is 5.50. The molecule has 0 spiro atoms. The maximum Gasteiger partial charge on any atom is 0.170 e. The van der Waals surface area contributed by atoms with E-state index in [1.54, 1.807) is 12.1 Å². The monoisotopic (exact) mass is 318 g/mol. The zero-order valence-corrected chi connectivity index (χ0v) is 10.5. The van der Waals surface area contributed by atoms with Crippen LogP contribution in [0.5, 0.6) is 0 Å². The van der Waals surface area contributed by atoms with Gasteiger partial charge in [-0.1, -0.05) is 12.1 Å². The molecule has 0 aliphatic rings. The fraction of sp³-hybridized carbons (Fsp3) is 0.273. The normalized spacial score (nSPS) is 10.0. The van der Waals surface area contributed by atoms with Crippen molar-refractivity contribution in [3.8, 4) is 0 Å². The van der Waals surface area contributed by atoms with E-state index >= 15 is 0 Å². The molecule has 0 amide bonds. The van der Waals surface area contributed by atoms with Crippen LogP contribution in [0.2, 0.25) is 0 Å². The summed E-state index contributed by atoms with van der Waals surface area (Å²) in [5, 5.41) is 0. The van der Waals surface area contributed by atoms with Crippen LogP contribution in [0.1, 0.15) is 16.8 Å². The number of benzene rings is 1. The van der Waals surface area contributed by atoms with E-state index in [0.717, 1.165) is 3.57 Å². The summed E-state index contributed by atoms with van der Waals surface area (Å²) in [6.07, 6.45) is -0.0889. The Labute approximate surface area is 102 Å². The van der Waals surface area contributed by atoms with Crippen LogP contribution in [-0.4, -0.2) is 25.3 Å². The van der Waals surface area contributed by atoms with Crippen LogP contribution >= 0.6 is 22.6 Å². The molecule has 1 aromatic rings. The van der Waals surface area contributed by atoms with Crippen LogP contribution in [0.25, 0.3) is 0 Å². The molecule has 80 valence electrons. The Morgan fingerprint density at radius 2 is 1.87 bits per heavy atom. The van der Waals surface area contributed by atoms with E-state index in [-0.39, 0.29) is 24.6 Å². The molecule has 0 aliphatic carbocycles. The number of carbonyl (C=O) groups is 2. The zero-order chi connectivity index (χ0) is 11.3. The van der Waals surface area contributed by atoms with Gasteiger partial charge in [-0.05, 0) is 34.7 Å². The molecule has 0 saturated heterocycles. The van der Waals surface area contributed by atoms with E-state index in [4.69, 9.17) is 0 Å². The first-order valence-electron chi connectivity index (χ1n) is 4.43. The third-order valence-electron chi connectivity index (χ3n) is 1.83. The van der Waals surface area contributed by atoms with Gasteiger partial charge in [-0.2, -0.15) is 0 Å². The summed E-state index contributed by atoms with van der Waals surface area (Å²) in [5.74, 6) is -0.352. The third kappa shape index (κ3) is 4.09. The molecule has 0 radical (unpaired) electrons. The first kappa shape index (κ1) is 12.3. The van der Waals surface area contributed by atoms with Crippen LogP contribution in [0.15, 0.2) is 24.3 Å². The molecular formula is C11H11IO3. The summed E-state index contributed by atoms with van der Waals surface area (Å²) in [4.78, 5) is 22.7. The van der Waals surface area contributed by atoms with Crippen molar-refractivity contribution in [3.05, 3.63) is 33.4 Å². The molecule has 0 atom stereocenters. The highest BCUT2D eigenvalue weighted by Crippen LogP contribution is 2.09. The molecule has 0 aromatic heterocycles. The lowest BCUT2D eigenvalue weighted by atomic mass is 10.1. The highest BCUT2D eigenvalue weighted by molar-refractivity contribution is 14.1. The molecule has 0 aliphatic heterocycles. The molecule has 1 rings (SSSR count). The molecular weight excluding hydrogens is 307 g/mol. The lowest BCUT2D eigenvalue weighted by molar-refractivity contribution is -0.121. The van der Waals surface area contributed by atoms with Gasteiger partial charge in [0.15, 0.2) is 11.6 Å². The van der Waals surface area contributed by atoms with Crippen molar-refractivity contribution in [2.24, 2.45) is 0 Å². The number of carbonyl (C=O) groups excluding carboxylic acids is 2. The van der Waals surface area contributed by atoms with Crippen molar-refractivity contribution in [3.63, 3.8) is 0 Å². The second kappa shape index (κ2) is 5.97. The van der Waals surface area contributed by atoms with Gasteiger partial charge in [0.25, 0.3) is 0 Å². The Morgan fingerprint density at radius 1 is 1.27 bits per heavy atom. The van der Waals surface area contributed by atoms with Gasteiger partial charge in [0, 0.05) is 16.2 Å². The van der Waals surface area contributed by atoms with Gasteiger partial charge in [-0.25, -0.2) is 0 Å². The molecule has 3 nitrogen and oxygen atoms in total. The molecule has 0 unspecified atom stereocenters. The van der Waals surface area contributed by atoms with Crippen molar-refractivity contribution in [1.82, 2.24) is 0 Å². The lowest BCUT2D eigenvalue weighted by Gasteiger charge is -2.00. The summed E-state index contributed by atoms with van der Waals surface area (Å²) >= 11 is 2.16. The lowest BCUT2D eigenvalue weighted by Crippen LogP contribution is -2.12. The highest BCUT2D eigenvalue weighted by Gasteiger charge is 2.11. The Kier molecular flexibility index (Phi) is 4.90. The Balaban J connectivity index is 2.61. The van der Waals surface area contributed by atoms with Gasteiger partial charge in [0.05, 0.1) is 6.42 Å². The largest absolute Gasteiger partial charge is 0.377 e. The van der Waals surface area contributed by atoms with Crippen molar-refractivity contribution < 1.29 is 14.3 Å². The number of rotatable bonds is 5. The SMILES string of the molecule is COCC(=O)CC(=O)c1ccc(I)cc1. The van der Waals surface area contributed by atoms with Crippen molar-refractivity contribution in [1.29, 1.82) is 0 Å². The summed E-state index contributed by atoms with van der Waals surface area (Å²) in [7, 11) is 1.44. The summed E-state index contributed by atoms with van der Waals surface area (Å²) in [6, 6.07) is 7.14. The summed E-state index contributed by atoms with van der Waals surface area (Å²) < 4.78 is 5.72. The molecule has 15 heavy (non-hydrogen) atoms. The number of hydrogen-bond acceptors (Lipinski definition) is 3. The van der Waals surface area contributed by atoms with Crippen LogP contribution in [0, 0.1) is 3.57 Å². The van der Waals surface area contributed by atoms with Gasteiger partial charge in [-0.3, -0.25) is 9.59 Å². The zero-order valence-electron chi connectivity index (χ0n) is 8.33. The van der Waals surface area contributed by atoms with E-state index < -0.39 is 0 Å². The maximum absolute atomic E-state index is 11.6. The highest BCUT2D eigenvalue weighted by atomic mass is 127. The minimum absolute atomic E-state index is 0.00386. The van der Waals surface area contributed by atoms with E-state index in [2.05, 4.69) is 27.3 Å². The number of halogens is 1. The second-order valence-corrected chi connectivity index (χ2v) is 4.32. The molecule has 1 aromatic carbocycles. The third-order valence-corrected chi connectivity index (χ3v) is 2.55. The molecule has 0 fully saturated rings. The molecule has 0 N–H and O–H groups in total. The second-order valence-electron chi connectivity index (χ2n) is 3.08. The standard InChI is InChI=1S/C11H11IO3/c1-15-7-10(13)6-11(14)8-2-4-9(12)5-3-8/h2-5H,6-7H2,1H3. The van der Waals surface area contributed by atoms with E-state index in [0.29, 0.717) is 5.56 Å². The summed E-state index contributed by atoms with van der Waals surface area (Å²) in [5.41, 5.74) is 0.569. The average Bonchev–Trinajstić information content (AvgIpc) is 2.18. The van der Waals surface area contributed by atoms with Crippen LogP contribution in [0.4, 0.5) is 0 Å². The predicted molar refractivity (Wildman–Crippen MR) is 65.0 cm³/mol. The average molecular weight is 318 g/mol. The smallest absolute Gasteiger partial charge is 0.170 e. The first-order chi connectivity index (χ1) is 7.13. The fourth-order valence-electron chi connectivity index (χ4n) is 1.13. The van der Waals surface area contributed by atoms with Gasteiger partial charge in [0.2, 0.25) is 0 Å². The van der Waals surface area contributed by atoms with Gasteiger partial charge >= 0.3 is 0 Å². The van der Waals surface area contributed by atoms with Crippen molar-refractivity contribution >= 4 is 34.2 Å². The number of ether oxygens (including phenoxy) is 1. The number of Topliss-reactive ketones (excluding diaryl/α,β-unsaturated/α-hetero) is 2. The van der Waals surface area contributed by atoms with Crippen molar-refractivity contribution in [2.75, 3.05) is 13.7 Å². The topological polar surface area (TPSA) is 43.4 Å². The van der Waals surface area contributed by atoms with E-state index in [1.165, 1.54) is 7.11 Å². The molecule has 4 heteroatoms. The quantitative estimate of drug-likeness (QED) is 0.474. The Bertz CT molecular complexity index is 357. The van der Waals surface area contributed by atoms with Crippen LogP contribution < -0.4 is 0 Å². The number of hydrogen-bond donors (Lipinski definition) is 0. The number of ketones is 2. The maximum atomic E-state index is 11.6.